The Balaban J connectivity index is 0.00000182. The third-order valence-electron chi connectivity index (χ3n) is 5.47. The highest BCUT2D eigenvalue weighted by atomic mass is 35.5. The zero-order chi connectivity index (χ0) is 16.4. The molecule has 2 N–H and O–H groups in total. The van der Waals surface area contributed by atoms with Crippen molar-refractivity contribution >= 4 is 12.4 Å². The van der Waals surface area contributed by atoms with E-state index in [0.29, 0.717) is 11.8 Å². The smallest absolute Gasteiger partial charge is 0.229 e. The first-order chi connectivity index (χ1) is 11.8. The molecule has 6 heteroatoms. The molecule has 1 saturated carbocycles. The maximum atomic E-state index is 6.37. The van der Waals surface area contributed by atoms with Gasteiger partial charge in [-0.25, -0.2) is 0 Å². The molecule has 1 saturated heterocycles. The van der Waals surface area contributed by atoms with Crippen LogP contribution in [0.3, 0.4) is 0 Å². The van der Waals surface area contributed by atoms with E-state index in [4.69, 9.17) is 10.3 Å². The highest BCUT2D eigenvalue weighted by Crippen LogP contribution is 2.32. The predicted molar refractivity (Wildman–Crippen MR) is 99.8 cm³/mol. The van der Waals surface area contributed by atoms with Crippen molar-refractivity contribution in [3.05, 3.63) is 47.6 Å². The molecule has 0 unspecified atom stereocenters. The summed E-state index contributed by atoms with van der Waals surface area (Å²) in [5.74, 6) is 2.50. The van der Waals surface area contributed by atoms with Gasteiger partial charge in [-0.05, 0) is 18.4 Å². The molecule has 4 rings (SSSR count). The van der Waals surface area contributed by atoms with Crippen molar-refractivity contribution in [3.63, 3.8) is 0 Å². The lowest BCUT2D eigenvalue weighted by Gasteiger charge is -2.17. The largest absolute Gasteiger partial charge is 0.339 e. The van der Waals surface area contributed by atoms with Crippen LogP contribution in [-0.2, 0) is 6.54 Å². The van der Waals surface area contributed by atoms with E-state index < -0.39 is 0 Å². The van der Waals surface area contributed by atoms with Crippen LogP contribution in [0.1, 0.15) is 61.2 Å². The zero-order valence-electron chi connectivity index (χ0n) is 14.5. The minimum atomic E-state index is 0. The van der Waals surface area contributed by atoms with Gasteiger partial charge < -0.3 is 10.3 Å². The van der Waals surface area contributed by atoms with Crippen molar-refractivity contribution < 1.29 is 4.52 Å². The monoisotopic (exact) mass is 362 g/mol. The van der Waals surface area contributed by atoms with Crippen LogP contribution in [-0.4, -0.2) is 34.2 Å². The van der Waals surface area contributed by atoms with Gasteiger partial charge in [0.15, 0.2) is 5.82 Å². The highest BCUT2D eigenvalue weighted by molar-refractivity contribution is 5.85. The minimum absolute atomic E-state index is 0. The molecule has 25 heavy (non-hydrogen) atoms. The Bertz CT molecular complexity index is 656. The zero-order valence-corrected chi connectivity index (χ0v) is 15.3. The van der Waals surface area contributed by atoms with E-state index in [0.717, 1.165) is 31.3 Å². The van der Waals surface area contributed by atoms with E-state index in [9.17, 15) is 0 Å². The van der Waals surface area contributed by atoms with E-state index >= 15 is 0 Å². The molecule has 0 amide bonds. The lowest BCUT2D eigenvalue weighted by Crippen LogP contribution is -2.28. The van der Waals surface area contributed by atoms with E-state index in [2.05, 4.69) is 39.3 Å². The van der Waals surface area contributed by atoms with Crippen LogP contribution in [0.4, 0.5) is 0 Å². The lowest BCUT2D eigenvalue weighted by molar-refractivity contribution is 0.293. The Hall–Kier alpha value is -1.43. The van der Waals surface area contributed by atoms with Crippen molar-refractivity contribution in [2.75, 3.05) is 13.1 Å². The normalized spacial score (nSPS) is 25.0. The summed E-state index contributed by atoms with van der Waals surface area (Å²) in [7, 11) is 0. The molecule has 136 valence electrons. The predicted octanol–water partition coefficient (Wildman–Crippen LogP) is 3.47. The highest BCUT2D eigenvalue weighted by Gasteiger charge is 2.32. The molecule has 1 aromatic heterocycles. The summed E-state index contributed by atoms with van der Waals surface area (Å²) < 4.78 is 5.53. The molecule has 1 aromatic carbocycles. The summed E-state index contributed by atoms with van der Waals surface area (Å²) in [6, 6.07) is 10.7. The first kappa shape index (κ1) is 18.4. The molecule has 2 heterocycles. The van der Waals surface area contributed by atoms with Crippen molar-refractivity contribution in [3.8, 4) is 0 Å². The van der Waals surface area contributed by atoms with Crippen molar-refractivity contribution in [2.45, 2.75) is 56.5 Å². The van der Waals surface area contributed by atoms with Crippen LogP contribution < -0.4 is 5.73 Å². The topological polar surface area (TPSA) is 68.2 Å². The summed E-state index contributed by atoms with van der Waals surface area (Å²) in [6.07, 6.45) is 6.27. The molecular weight excluding hydrogens is 336 g/mol. The van der Waals surface area contributed by atoms with Crippen LogP contribution >= 0.6 is 12.4 Å². The first-order valence-corrected chi connectivity index (χ1v) is 9.15. The standard InChI is InChI=1S/C19H26N4O.ClH/c20-17-12-23(11-16(17)14-7-3-1-4-8-14)13-18-21-19(24-22-18)15-9-5-2-6-10-15;/h1,3-4,7-8,15-17H,2,5-6,9-13,20H2;1H/t16-,17+;/m0./s1. The molecule has 2 atom stereocenters. The summed E-state index contributed by atoms with van der Waals surface area (Å²) in [5, 5.41) is 4.21. The fourth-order valence-corrected chi connectivity index (χ4v) is 4.14. The molecule has 2 aliphatic rings. The molecular formula is C19H27ClN4O. The number of nitrogens with two attached hydrogens (primary N) is 1. The summed E-state index contributed by atoms with van der Waals surface area (Å²) in [5.41, 5.74) is 7.69. The van der Waals surface area contributed by atoms with Crippen molar-refractivity contribution in [1.29, 1.82) is 0 Å². The van der Waals surface area contributed by atoms with Gasteiger partial charge in [-0.15, -0.1) is 12.4 Å². The van der Waals surface area contributed by atoms with Gasteiger partial charge in [0.05, 0.1) is 6.54 Å². The second-order valence-corrected chi connectivity index (χ2v) is 7.26. The Labute approximate surface area is 155 Å². The Morgan fingerprint density at radius 1 is 1.08 bits per heavy atom. The van der Waals surface area contributed by atoms with Crippen LogP contribution in [0.5, 0.6) is 0 Å². The lowest BCUT2D eigenvalue weighted by atomic mass is 9.89. The van der Waals surface area contributed by atoms with Crippen LogP contribution in [0.15, 0.2) is 34.9 Å². The molecule has 2 fully saturated rings. The average molecular weight is 363 g/mol. The summed E-state index contributed by atoms with van der Waals surface area (Å²) in [6.45, 7) is 2.57. The van der Waals surface area contributed by atoms with Gasteiger partial charge in [-0.2, -0.15) is 4.98 Å². The third-order valence-corrected chi connectivity index (χ3v) is 5.47. The van der Waals surface area contributed by atoms with Gasteiger partial charge in [0.2, 0.25) is 5.89 Å². The summed E-state index contributed by atoms with van der Waals surface area (Å²) in [4.78, 5) is 7.01. The maximum absolute atomic E-state index is 6.37. The van der Waals surface area contributed by atoms with Gasteiger partial charge in [-0.1, -0.05) is 54.8 Å². The van der Waals surface area contributed by atoms with E-state index in [-0.39, 0.29) is 18.4 Å². The number of nitrogens with zero attached hydrogens (tertiary/aromatic N) is 3. The van der Waals surface area contributed by atoms with Gasteiger partial charge in [0, 0.05) is 31.0 Å². The number of hydrogen-bond donors (Lipinski definition) is 1. The molecule has 1 aliphatic heterocycles. The molecule has 0 bridgehead atoms. The van der Waals surface area contributed by atoms with Crippen LogP contribution in [0, 0.1) is 0 Å². The number of hydrogen-bond acceptors (Lipinski definition) is 5. The number of likely N-dealkylation sites (tertiary alicyclic amines) is 1. The van der Waals surface area contributed by atoms with Gasteiger partial charge in [0.25, 0.3) is 0 Å². The molecule has 1 aliphatic carbocycles. The number of benzene rings is 1. The second-order valence-electron chi connectivity index (χ2n) is 7.26. The maximum Gasteiger partial charge on any atom is 0.229 e. The molecule has 5 nitrogen and oxygen atoms in total. The van der Waals surface area contributed by atoms with Crippen LogP contribution in [0.25, 0.3) is 0 Å². The molecule has 0 spiro atoms. The summed E-state index contributed by atoms with van der Waals surface area (Å²) >= 11 is 0. The van der Waals surface area contributed by atoms with Crippen molar-refractivity contribution in [2.24, 2.45) is 5.73 Å². The number of halogens is 1. The van der Waals surface area contributed by atoms with E-state index in [1.807, 2.05) is 6.07 Å². The van der Waals surface area contributed by atoms with E-state index in [1.54, 1.807) is 0 Å². The Kier molecular flexibility index (Phi) is 6.10. The van der Waals surface area contributed by atoms with Crippen LogP contribution in [0.2, 0.25) is 0 Å². The van der Waals surface area contributed by atoms with Crippen molar-refractivity contribution in [1.82, 2.24) is 15.0 Å². The fourth-order valence-electron chi connectivity index (χ4n) is 4.14. The fraction of sp³-hybridized carbons (Fsp3) is 0.579. The van der Waals surface area contributed by atoms with Gasteiger partial charge >= 0.3 is 0 Å². The van der Waals surface area contributed by atoms with E-state index in [1.165, 1.54) is 37.7 Å². The molecule has 2 aromatic rings. The molecule has 0 radical (unpaired) electrons. The first-order valence-electron chi connectivity index (χ1n) is 9.15. The van der Waals surface area contributed by atoms with Gasteiger partial charge in [-0.3, -0.25) is 4.90 Å². The third kappa shape index (κ3) is 4.22. The SMILES string of the molecule is Cl.N[C@@H]1CN(Cc2noc(C3CCCCC3)n2)C[C@H]1c1ccccc1. The second kappa shape index (κ2) is 8.30. The van der Waals surface area contributed by atoms with Gasteiger partial charge in [0.1, 0.15) is 0 Å². The Morgan fingerprint density at radius 3 is 2.60 bits per heavy atom. The minimum Gasteiger partial charge on any atom is -0.339 e. The quantitative estimate of drug-likeness (QED) is 0.901. The average Bonchev–Trinajstić information content (AvgIpc) is 3.23. The Morgan fingerprint density at radius 2 is 1.84 bits per heavy atom. The number of rotatable bonds is 4. The number of aromatic nitrogens is 2.